The molecule has 1 aromatic heterocycles. The number of aryl methyl sites for hydroxylation is 1. The molecule has 18 heavy (non-hydrogen) atoms. The topological polar surface area (TPSA) is 29.9 Å². The van der Waals surface area contributed by atoms with Gasteiger partial charge in [-0.3, -0.25) is 0 Å². The molecule has 1 atom stereocenters. The molecule has 1 aromatic carbocycles. The fourth-order valence-corrected chi connectivity index (χ4v) is 2.11. The maximum atomic E-state index is 13.8. The number of nitrogens with one attached hydrogen (secondary N) is 1. The molecule has 1 heterocycles. The highest BCUT2D eigenvalue weighted by molar-refractivity contribution is 6.30. The van der Waals surface area contributed by atoms with E-state index in [0.717, 1.165) is 5.82 Å². The Balaban J connectivity index is 2.28. The smallest absolute Gasteiger partial charge is 0.128 e. The zero-order chi connectivity index (χ0) is 13.1. The molecule has 0 aliphatic rings. The Labute approximate surface area is 111 Å². The van der Waals surface area contributed by atoms with Crippen LogP contribution in [0.15, 0.2) is 30.6 Å². The Morgan fingerprint density at radius 1 is 1.50 bits per heavy atom. The Bertz CT molecular complexity index is 539. The first-order chi connectivity index (χ1) is 8.61. The zero-order valence-corrected chi connectivity index (χ0v) is 11.1. The van der Waals surface area contributed by atoms with Gasteiger partial charge in [0.25, 0.3) is 0 Å². The lowest BCUT2D eigenvalue weighted by Gasteiger charge is -2.17. The SMILES string of the molecule is CNC(Cc1nccn1C)c1cc(Cl)ccc1F. The Kier molecular flexibility index (Phi) is 3.99. The summed E-state index contributed by atoms with van der Waals surface area (Å²) in [6, 6.07) is 4.44. The van der Waals surface area contributed by atoms with Crippen molar-refractivity contribution in [3.63, 3.8) is 0 Å². The summed E-state index contributed by atoms with van der Waals surface area (Å²) in [6.07, 6.45) is 4.21. The third-order valence-electron chi connectivity index (χ3n) is 2.99. The van der Waals surface area contributed by atoms with Gasteiger partial charge in [0.1, 0.15) is 11.6 Å². The lowest BCUT2D eigenvalue weighted by Crippen LogP contribution is -2.21. The van der Waals surface area contributed by atoms with Gasteiger partial charge < -0.3 is 9.88 Å². The predicted octanol–water partition coefficient (Wildman–Crippen LogP) is 2.72. The van der Waals surface area contributed by atoms with Gasteiger partial charge in [-0.2, -0.15) is 0 Å². The van der Waals surface area contributed by atoms with Crippen molar-refractivity contribution in [2.24, 2.45) is 7.05 Å². The molecule has 2 rings (SSSR count). The van der Waals surface area contributed by atoms with Crippen LogP contribution in [-0.4, -0.2) is 16.6 Å². The zero-order valence-electron chi connectivity index (χ0n) is 10.3. The van der Waals surface area contributed by atoms with Gasteiger partial charge in [-0.05, 0) is 25.2 Å². The highest BCUT2D eigenvalue weighted by Crippen LogP contribution is 2.23. The minimum atomic E-state index is -0.257. The van der Waals surface area contributed by atoms with E-state index in [-0.39, 0.29) is 11.9 Å². The van der Waals surface area contributed by atoms with Crippen LogP contribution in [0.25, 0.3) is 0 Å². The second-order valence-corrected chi connectivity index (χ2v) is 4.60. The number of likely N-dealkylation sites (N-methyl/N-ethyl adjacent to an activating group) is 1. The first-order valence-electron chi connectivity index (χ1n) is 5.70. The second-order valence-electron chi connectivity index (χ2n) is 4.17. The molecule has 96 valence electrons. The summed E-state index contributed by atoms with van der Waals surface area (Å²) < 4.78 is 15.7. The average Bonchev–Trinajstić information content (AvgIpc) is 2.75. The molecule has 0 saturated heterocycles. The molecule has 0 aliphatic carbocycles. The highest BCUT2D eigenvalue weighted by Gasteiger charge is 2.16. The summed E-state index contributed by atoms with van der Waals surface area (Å²) in [5.41, 5.74) is 0.563. The minimum Gasteiger partial charge on any atom is -0.338 e. The van der Waals surface area contributed by atoms with Gasteiger partial charge >= 0.3 is 0 Å². The number of nitrogens with zero attached hydrogens (tertiary/aromatic N) is 2. The van der Waals surface area contributed by atoms with Crippen molar-refractivity contribution in [2.45, 2.75) is 12.5 Å². The van der Waals surface area contributed by atoms with E-state index in [9.17, 15) is 4.39 Å². The van der Waals surface area contributed by atoms with Crippen LogP contribution in [0.5, 0.6) is 0 Å². The van der Waals surface area contributed by atoms with Gasteiger partial charge in [0, 0.05) is 42.5 Å². The van der Waals surface area contributed by atoms with Crippen molar-refractivity contribution in [1.29, 1.82) is 0 Å². The van der Waals surface area contributed by atoms with Crippen LogP contribution in [0.4, 0.5) is 4.39 Å². The number of rotatable bonds is 4. The van der Waals surface area contributed by atoms with Crippen molar-refractivity contribution in [1.82, 2.24) is 14.9 Å². The van der Waals surface area contributed by atoms with Crippen molar-refractivity contribution >= 4 is 11.6 Å². The molecule has 0 spiro atoms. The van der Waals surface area contributed by atoms with Gasteiger partial charge in [0.15, 0.2) is 0 Å². The molecule has 0 aliphatic heterocycles. The van der Waals surface area contributed by atoms with Gasteiger partial charge in [0.2, 0.25) is 0 Å². The quantitative estimate of drug-likeness (QED) is 0.923. The van der Waals surface area contributed by atoms with Gasteiger partial charge in [-0.15, -0.1) is 0 Å². The Morgan fingerprint density at radius 3 is 2.89 bits per heavy atom. The number of halogens is 2. The molecule has 0 radical (unpaired) electrons. The van der Waals surface area contributed by atoms with Crippen LogP contribution in [0.2, 0.25) is 5.02 Å². The van der Waals surface area contributed by atoms with E-state index in [1.54, 1.807) is 25.4 Å². The standard InChI is InChI=1S/C13H15ClFN3/c1-16-12(8-13-17-5-6-18(13)2)10-7-9(14)3-4-11(10)15/h3-7,12,16H,8H2,1-2H3. The first-order valence-corrected chi connectivity index (χ1v) is 6.08. The number of hydrogen-bond donors (Lipinski definition) is 1. The van der Waals surface area contributed by atoms with E-state index >= 15 is 0 Å². The monoisotopic (exact) mass is 267 g/mol. The number of imidazole rings is 1. The largest absolute Gasteiger partial charge is 0.338 e. The first kappa shape index (κ1) is 13.1. The second kappa shape index (κ2) is 5.50. The van der Waals surface area contributed by atoms with Crippen LogP contribution in [-0.2, 0) is 13.5 Å². The number of benzene rings is 1. The highest BCUT2D eigenvalue weighted by atomic mass is 35.5. The van der Waals surface area contributed by atoms with Gasteiger partial charge in [-0.1, -0.05) is 11.6 Å². The maximum Gasteiger partial charge on any atom is 0.128 e. The van der Waals surface area contributed by atoms with E-state index in [0.29, 0.717) is 17.0 Å². The van der Waals surface area contributed by atoms with Crippen LogP contribution in [0, 0.1) is 5.82 Å². The fraction of sp³-hybridized carbons (Fsp3) is 0.308. The van der Waals surface area contributed by atoms with Crippen LogP contribution < -0.4 is 5.32 Å². The predicted molar refractivity (Wildman–Crippen MR) is 70.1 cm³/mol. The summed E-state index contributed by atoms with van der Waals surface area (Å²) in [7, 11) is 3.72. The molecule has 0 fully saturated rings. The fourth-order valence-electron chi connectivity index (χ4n) is 1.92. The molecule has 1 unspecified atom stereocenters. The molecular weight excluding hydrogens is 253 g/mol. The normalized spacial score (nSPS) is 12.7. The van der Waals surface area contributed by atoms with Gasteiger partial charge in [0.05, 0.1) is 0 Å². The molecule has 3 nitrogen and oxygen atoms in total. The van der Waals surface area contributed by atoms with E-state index in [1.807, 2.05) is 17.8 Å². The summed E-state index contributed by atoms with van der Waals surface area (Å²) >= 11 is 5.92. The maximum absolute atomic E-state index is 13.8. The van der Waals surface area contributed by atoms with Crippen molar-refractivity contribution in [3.05, 3.63) is 52.8 Å². The van der Waals surface area contributed by atoms with Crippen LogP contribution >= 0.6 is 11.6 Å². The molecule has 0 bridgehead atoms. The Morgan fingerprint density at radius 2 is 2.28 bits per heavy atom. The molecule has 2 aromatic rings. The average molecular weight is 268 g/mol. The van der Waals surface area contributed by atoms with Crippen molar-refractivity contribution in [3.8, 4) is 0 Å². The lowest BCUT2D eigenvalue weighted by molar-refractivity contribution is 0.519. The number of hydrogen-bond acceptors (Lipinski definition) is 2. The lowest BCUT2D eigenvalue weighted by atomic mass is 10.0. The third-order valence-corrected chi connectivity index (χ3v) is 3.22. The van der Waals surface area contributed by atoms with E-state index in [2.05, 4.69) is 10.3 Å². The molecule has 0 amide bonds. The van der Waals surface area contributed by atoms with Crippen LogP contribution in [0.3, 0.4) is 0 Å². The van der Waals surface area contributed by atoms with E-state index in [4.69, 9.17) is 11.6 Å². The van der Waals surface area contributed by atoms with E-state index in [1.165, 1.54) is 6.07 Å². The third kappa shape index (κ3) is 2.71. The van der Waals surface area contributed by atoms with E-state index < -0.39 is 0 Å². The molecule has 1 N–H and O–H groups in total. The molecule has 5 heteroatoms. The van der Waals surface area contributed by atoms with Crippen molar-refractivity contribution < 1.29 is 4.39 Å². The number of aromatic nitrogens is 2. The molecule has 0 saturated carbocycles. The van der Waals surface area contributed by atoms with Gasteiger partial charge in [-0.25, -0.2) is 9.37 Å². The van der Waals surface area contributed by atoms with Crippen LogP contribution in [0.1, 0.15) is 17.4 Å². The summed E-state index contributed by atoms with van der Waals surface area (Å²) in [4.78, 5) is 4.25. The van der Waals surface area contributed by atoms with Crippen molar-refractivity contribution in [2.75, 3.05) is 7.05 Å². The summed E-state index contributed by atoms with van der Waals surface area (Å²) in [5.74, 6) is 0.640. The minimum absolute atomic E-state index is 0.148. The summed E-state index contributed by atoms with van der Waals surface area (Å²) in [6.45, 7) is 0. The summed E-state index contributed by atoms with van der Waals surface area (Å²) in [5, 5.41) is 3.63. The Hall–Kier alpha value is -1.39. The molecular formula is C13H15ClFN3.